The Morgan fingerprint density at radius 3 is 2.38 bits per heavy atom. The standard InChI is InChI=1S/C26H25NO4S/c28-23(21-12-10-20(11-13-21)19-6-2-1-3-7-19)14-15-26(30)31-18-25(29)27-16-4-8-22(27)24-9-5-17-32-24/h1-3,5-7,9-13,17,22H,4,8,14-16,18H2. The number of hydrogen-bond donors (Lipinski definition) is 0. The molecule has 5 nitrogen and oxygen atoms in total. The van der Waals surface area contributed by atoms with Crippen molar-refractivity contribution in [2.75, 3.05) is 13.2 Å². The van der Waals surface area contributed by atoms with Gasteiger partial charge in [0.25, 0.3) is 5.91 Å². The van der Waals surface area contributed by atoms with Crippen LogP contribution in [-0.2, 0) is 14.3 Å². The fraction of sp³-hybridized carbons (Fsp3) is 0.269. The highest BCUT2D eigenvalue weighted by atomic mass is 32.1. The average Bonchev–Trinajstić information content (AvgIpc) is 3.53. The Hall–Kier alpha value is -3.25. The maximum absolute atomic E-state index is 12.6. The zero-order chi connectivity index (χ0) is 22.3. The van der Waals surface area contributed by atoms with Crippen LogP contribution in [0.2, 0.25) is 0 Å². The number of thiophene rings is 1. The third-order valence-electron chi connectivity index (χ3n) is 5.67. The van der Waals surface area contributed by atoms with Crippen molar-refractivity contribution in [2.45, 2.75) is 31.7 Å². The Bertz CT molecular complexity index is 1060. The summed E-state index contributed by atoms with van der Waals surface area (Å²) in [5.74, 6) is -0.832. The van der Waals surface area contributed by atoms with Crippen LogP contribution < -0.4 is 0 Å². The van der Waals surface area contributed by atoms with Crippen molar-refractivity contribution in [1.29, 1.82) is 0 Å². The number of carbonyl (C=O) groups excluding carboxylic acids is 3. The van der Waals surface area contributed by atoms with Gasteiger partial charge in [-0.05, 0) is 35.4 Å². The fourth-order valence-corrected chi connectivity index (χ4v) is 4.85. The van der Waals surface area contributed by atoms with Crippen molar-refractivity contribution >= 4 is 29.0 Å². The van der Waals surface area contributed by atoms with Crippen molar-refractivity contribution in [3.8, 4) is 11.1 Å². The molecule has 0 aliphatic carbocycles. The number of benzene rings is 2. The van der Waals surface area contributed by atoms with Gasteiger partial charge in [0.1, 0.15) is 0 Å². The number of esters is 1. The van der Waals surface area contributed by atoms with E-state index in [4.69, 9.17) is 4.74 Å². The molecular weight excluding hydrogens is 422 g/mol. The minimum atomic E-state index is -0.528. The number of hydrogen-bond acceptors (Lipinski definition) is 5. The van der Waals surface area contributed by atoms with Crippen LogP contribution in [0.4, 0.5) is 0 Å². The second-order valence-corrected chi connectivity index (χ2v) is 8.77. The molecule has 0 bridgehead atoms. The molecule has 1 atom stereocenters. The lowest BCUT2D eigenvalue weighted by Gasteiger charge is -2.23. The second-order valence-electron chi connectivity index (χ2n) is 7.79. The van der Waals surface area contributed by atoms with Crippen molar-refractivity contribution in [1.82, 2.24) is 4.90 Å². The van der Waals surface area contributed by atoms with Gasteiger partial charge in [-0.1, -0.05) is 60.7 Å². The summed E-state index contributed by atoms with van der Waals surface area (Å²) in [4.78, 5) is 40.0. The molecule has 32 heavy (non-hydrogen) atoms. The van der Waals surface area contributed by atoms with Gasteiger partial charge in [0.05, 0.1) is 12.5 Å². The molecule has 2 heterocycles. The van der Waals surface area contributed by atoms with E-state index in [0.717, 1.165) is 28.8 Å². The molecule has 1 saturated heterocycles. The van der Waals surface area contributed by atoms with E-state index in [0.29, 0.717) is 12.1 Å². The van der Waals surface area contributed by atoms with Gasteiger partial charge in [0.15, 0.2) is 12.4 Å². The SMILES string of the molecule is O=C(CCC(=O)c1ccc(-c2ccccc2)cc1)OCC(=O)N1CCCC1c1cccs1. The normalized spacial score (nSPS) is 15.5. The van der Waals surface area contributed by atoms with Crippen LogP contribution in [0.1, 0.15) is 47.0 Å². The van der Waals surface area contributed by atoms with Crippen LogP contribution >= 0.6 is 11.3 Å². The minimum absolute atomic E-state index is 0.0408. The summed E-state index contributed by atoms with van der Waals surface area (Å²) >= 11 is 1.64. The van der Waals surface area contributed by atoms with Gasteiger partial charge in [-0.3, -0.25) is 14.4 Å². The summed E-state index contributed by atoms with van der Waals surface area (Å²) < 4.78 is 5.17. The van der Waals surface area contributed by atoms with E-state index in [1.165, 1.54) is 0 Å². The van der Waals surface area contributed by atoms with Gasteiger partial charge in [-0.25, -0.2) is 0 Å². The van der Waals surface area contributed by atoms with E-state index < -0.39 is 5.97 Å². The van der Waals surface area contributed by atoms with E-state index in [2.05, 4.69) is 0 Å². The van der Waals surface area contributed by atoms with Gasteiger partial charge in [0, 0.05) is 23.4 Å². The highest BCUT2D eigenvalue weighted by Gasteiger charge is 2.31. The molecule has 4 rings (SSSR count). The van der Waals surface area contributed by atoms with Gasteiger partial charge < -0.3 is 9.64 Å². The number of ether oxygens (including phenoxy) is 1. The Morgan fingerprint density at radius 1 is 0.906 bits per heavy atom. The second kappa shape index (κ2) is 10.4. The van der Waals surface area contributed by atoms with Crippen molar-refractivity contribution < 1.29 is 19.1 Å². The molecule has 0 N–H and O–H groups in total. The minimum Gasteiger partial charge on any atom is -0.456 e. The van der Waals surface area contributed by atoms with Crippen LogP contribution in [-0.4, -0.2) is 35.7 Å². The van der Waals surface area contributed by atoms with E-state index in [1.54, 1.807) is 28.4 Å². The maximum atomic E-state index is 12.6. The highest BCUT2D eigenvalue weighted by molar-refractivity contribution is 7.10. The van der Waals surface area contributed by atoms with Gasteiger partial charge in [-0.2, -0.15) is 0 Å². The molecule has 0 spiro atoms. The van der Waals surface area contributed by atoms with Gasteiger partial charge >= 0.3 is 5.97 Å². The van der Waals surface area contributed by atoms with Crippen LogP contribution in [0.25, 0.3) is 11.1 Å². The summed E-state index contributed by atoms with van der Waals surface area (Å²) in [5, 5.41) is 2.00. The number of nitrogens with zero attached hydrogens (tertiary/aromatic N) is 1. The monoisotopic (exact) mass is 447 g/mol. The third-order valence-corrected chi connectivity index (χ3v) is 6.65. The quantitative estimate of drug-likeness (QED) is 0.348. The summed E-state index contributed by atoms with van der Waals surface area (Å²) in [6.07, 6.45) is 1.89. The molecule has 0 radical (unpaired) electrons. The first-order chi connectivity index (χ1) is 15.6. The number of rotatable bonds is 8. The number of likely N-dealkylation sites (tertiary alicyclic amines) is 1. The molecule has 6 heteroatoms. The van der Waals surface area contributed by atoms with Crippen molar-refractivity contribution in [3.63, 3.8) is 0 Å². The predicted molar refractivity (Wildman–Crippen MR) is 124 cm³/mol. The average molecular weight is 448 g/mol. The topological polar surface area (TPSA) is 63.7 Å². The summed E-state index contributed by atoms with van der Waals surface area (Å²) in [5.41, 5.74) is 2.67. The lowest BCUT2D eigenvalue weighted by molar-refractivity contribution is -0.152. The first-order valence-corrected chi connectivity index (χ1v) is 11.7. The van der Waals surface area contributed by atoms with E-state index >= 15 is 0 Å². The molecular formula is C26H25NO4S. The summed E-state index contributed by atoms with van der Waals surface area (Å²) in [6, 6.07) is 21.4. The molecule has 3 aromatic rings. The number of amides is 1. The molecule has 164 valence electrons. The Kier molecular flexibility index (Phi) is 7.12. The Morgan fingerprint density at radius 2 is 1.66 bits per heavy atom. The van der Waals surface area contributed by atoms with E-state index in [-0.39, 0.29) is 37.2 Å². The first kappa shape index (κ1) is 22.0. The molecule has 1 fully saturated rings. The maximum Gasteiger partial charge on any atom is 0.306 e. The first-order valence-electron chi connectivity index (χ1n) is 10.8. The number of carbonyl (C=O) groups is 3. The van der Waals surface area contributed by atoms with Gasteiger partial charge in [-0.15, -0.1) is 11.3 Å². The highest BCUT2D eigenvalue weighted by Crippen LogP contribution is 2.34. The molecule has 1 amide bonds. The fourth-order valence-electron chi connectivity index (χ4n) is 3.98. The largest absolute Gasteiger partial charge is 0.456 e. The molecule has 1 aromatic heterocycles. The number of Topliss-reactive ketones (excluding diaryl/α,β-unsaturated/α-hetero) is 1. The molecule has 1 aliphatic rings. The molecule has 1 aliphatic heterocycles. The smallest absolute Gasteiger partial charge is 0.306 e. The van der Waals surface area contributed by atoms with Crippen molar-refractivity contribution in [2.24, 2.45) is 0 Å². The third kappa shape index (κ3) is 5.32. The molecule has 2 aromatic carbocycles. The molecule has 0 saturated carbocycles. The number of ketones is 1. The zero-order valence-electron chi connectivity index (χ0n) is 17.7. The Labute approximate surface area is 191 Å². The van der Waals surface area contributed by atoms with Crippen LogP contribution in [0.3, 0.4) is 0 Å². The zero-order valence-corrected chi connectivity index (χ0v) is 18.6. The van der Waals surface area contributed by atoms with E-state index in [1.807, 2.05) is 60.0 Å². The van der Waals surface area contributed by atoms with Crippen molar-refractivity contribution in [3.05, 3.63) is 82.6 Å². The van der Waals surface area contributed by atoms with Crippen LogP contribution in [0.15, 0.2) is 72.1 Å². The van der Waals surface area contributed by atoms with Crippen LogP contribution in [0, 0.1) is 0 Å². The predicted octanol–water partition coefficient (Wildman–Crippen LogP) is 5.28. The van der Waals surface area contributed by atoms with E-state index in [9.17, 15) is 14.4 Å². The Balaban J connectivity index is 1.23. The molecule has 1 unspecified atom stereocenters. The summed E-state index contributed by atoms with van der Waals surface area (Å²) in [6.45, 7) is 0.400. The summed E-state index contributed by atoms with van der Waals surface area (Å²) in [7, 11) is 0. The van der Waals surface area contributed by atoms with Crippen LogP contribution in [0.5, 0.6) is 0 Å². The lowest BCUT2D eigenvalue weighted by atomic mass is 10.0. The lowest BCUT2D eigenvalue weighted by Crippen LogP contribution is -2.34. The van der Waals surface area contributed by atoms with Gasteiger partial charge in [0.2, 0.25) is 0 Å².